The van der Waals surface area contributed by atoms with Gasteiger partial charge in [0.05, 0.1) is 8.68 Å². The Morgan fingerprint density at radius 1 is 1.47 bits per heavy atom. The van der Waals surface area contributed by atoms with Crippen LogP contribution in [-0.2, 0) is 10.0 Å². The molecule has 108 valence electrons. The summed E-state index contributed by atoms with van der Waals surface area (Å²) in [5, 5.41) is 0. The second kappa shape index (κ2) is 6.22. The summed E-state index contributed by atoms with van der Waals surface area (Å²) >= 11 is 4.77. The largest absolute Gasteiger partial charge is 0.330 e. The summed E-state index contributed by atoms with van der Waals surface area (Å²) in [6.07, 6.45) is 4.10. The molecule has 2 atom stereocenters. The molecular formula is C12H19BrN2O2S2. The normalized spacial score (nSPS) is 24.6. The molecule has 19 heavy (non-hydrogen) atoms. The minimum Gasteiger partial charge on any atom is -0.330 e. The molecule has 4 nitrogen and oxygen atoms in total. The van der Waals surface area contributed by atoms with Crippen molar-refractivity contribution in [3.05, 3.63) is 14.7 Å². The lowest BCUT2D eigenvalue weighted by atomic mass is 9.85. The second-order valence-corrected chi connectivity index (χ2v) is 9.30. The number of aryl methyl sites for hydroxylation is 1. The Labute approximate surface area is 127 Å². The van der Waals surface area contributed by atoms with E-state index in [0.29, 0.717) is 11.4 Å². The zero-order valence-electron chi connectivity index (χ0n) is 10.9. The molecular weight excluding hydrogens is 348 g/mol. The van der Waals surface area contributed by atoms with Gasteiger partial charge in [0.25, 0.3) is 0 Å². The first-order chi connectivity index (χ1) is 8.94. The van der Waals surface area contributed by atoms with Crippen LogP contribution in [0.25, 0.3) is 0 Å². The molecule has 0 bridgehead atoms. The lowest BCUT2D eigenvalue weighted by Gasteiger charge is -2.31. The molecule has 0 aliphatic heterocycles. The van der Waals surface area contributed by atoms with Crippen LogP contribution in [0.2, 0.25) is 0 Å². The van der Waals surface area contributed by atoms with Crippen molar-refractivity contribution >= 4 is 37.3 Å². The number of rotatable bonds is 4. The van der Waals surface area contributed by atoms with Gasteiger partial charge in [-0.3, -0.25) is 0 Å². The Hall–Kier alpha value is 0.0500. The third-order valence-electron chi connectivity index (χ3n) is 3.65. The van der Waals surface area contributed by atoms with Gasteiger partial charge in [-0.25, -0.2) is 13.1 Å². The Kier molecular flexibility index (Phi) is 5.05. The van der Waals surface area contributed by atoms with Crippen molar-refractivity contribution in [3.8, 4) is 0 Å². The first-order valence-corrected chi connectivity index (χ1v) is 9.51. The van der Waals surface area contributed by atoms with Gasteiger partial charge in [0.2, 0.25) is 10.0 Å². The molecule has 0 radical (unpaired) electrons. The molecule has 0 saturated heterocycles. The van der Waals surface area contributed by atoms with Gasteiger partial charge < -0.3 is 5.73 Å². The minimum absolute atomic E-state index is 0.0261. The molecule has 2 unspecified atom stereocenters. The Bertz CT molecular complexity index is 542. The van der Waals surface area contributed by atoms with Crippen molar-refractivity contribution in [2.45, 2.75) is 43.5 Å². The summed E-state index contributed by atoms with van der Waals surface area (Å²) in [6.45, 7) is 2.37. The first kappa shape index (κ1) is 15.4. The molecule has 1 saturated carbocycles. The second-order valence-electron chi connectivity index (χ2n) is 4.98. The SMILES string of the molecule is Cc1sc(Br)cc1S(=O)(=O)NC1CCCCC1CN. The highest BCUT2D eigenvalue weighted by Gasteiger charge is 2.29. The van der Waals surface area contributed by atoms with E-state index in [2.05, 4.69) is 20.7 Å². The smallest absolute Gasteiger partial charge is 0.241 e. The predicted octanol–water partition coefficient (Wildman–Crippen LogP) is 2.61. The van der Waals surface area contributed by atoms with Gasteiger partial charge in [0.1, 0.15) is 0 Å². The number of hydrogen-bond donors (Lipinski definition) is 2. The lowest BCUT2D eigenvalue weighted by molar-refractivity contribution is 0.296. The maximum atomic E-state index is 12.4. The molecule has 1 aromatic heterocycles. The first-order valence-electron chi connectivity index (χ1n) is 6.42. The molecule has 7 heteroatoms. The van der Waals surface area contributed by atoms with E-state index in [1.165, 1.54) is 11.3 Å². The molecule has 1 aliphatic rings. The maximum Gasteiger partial charge on any atom is 0.241 e. The Morgan fingerprint density at radius 3 is 2.74 bits per heavy atom. The van der Waals surface area contributed by atoms with Crippen LogP contribution in [-0.4, -0.2) is 21.0 Å². The number of sulfonamides is 1. The summed E-state index contributed by atoms with van der Waals surface area (Å²) < 4.78 is 28.5. The third-order valence-corrected chi connectivity index (χ3v) is 6.95. The van der Waals surface area contributed by atoms with Gasteiger partial charge in [-0.2, -0.15) is 0 Å². The van der Waals surface area contributed by atoms with Crippen LogP contribution in [0.4, 0.5) is 0 Å². The van der Waals surface area contributed by atoms with Gasteiger partial charge >= 0.3 is 0 Å². The fraction of sp³-hybridized carbons (Fsp3) is 0.667. The molecule has 1 fully saturated rings. The number of hydrogen-bond acceptors (Lipinski definition) is 4. The van der Waals surface area contributed by atoms with Crippen LogP contribution in [0.5, 0.6) is 0 Å². The van der Waals surface area contributed by atoms with Crippen LogP contribution < -0.4 is 10.5 Å². The van der Waals surface area contributed by atoms with Crippen molar-refractivity contribution in [2.24, 2.45) is 11.7 Å². The van der Waals surface area contributed by atoms with Crippen LogP contribution in [0.15, 0.2) is 14.7 Å². The number of halogens is 1. The highest BCUT2D eigenvalue weighted by molar-refractivity contribution is 9.11. The third kappa shape index (κ3) is 3.58. The van der Waals surface area contributed by atoms with Crippen molar-refractivity contribution in [2.75, 3.05) is 6.54 Å². The van der Waals surface area contributed by atoms with Crippen LogP contribution >= 0.6 is 27.3 Å². The summed E-state index contributed by atoms with van der Waals surface area (Å²) in [5.74, 6) is 0.255. The van der Waals surface area contributed by atoms with Gasteiger partial charge in [-0.1, -0.05) is 12.8 Å². The van der Waals surface area contributed by atoms with E-state index in [9.17, 15) is 8.42 Å². The van der Waals surface area contributed by atoms with E-state index in [-0.39, 0.29) is 12.0 Å². The molecule has 0 aromatic carbocycles. The highest BCUT2D eigenvalue weighted by atomic mass is 79.9. The van der Waals surface area contributed by atoms with E-state index >= 15 is 0 Å². The van der Waals surface area contributed by atoms with E-state index in [1.807, 2.05) is 6.92 Å². The molecule has 2 rings (SSSR count). The van der Waals surface area contributed by atoms with Gasteiger partial charge in [-0.05, 0) is 54.2 Å². The number of nitrogens with one attached hydrogen (secondary N) is 1. The van der Waals surface area contributed by atoms with Gasteiger partial charge in [0.15, 0.2) is 0 Å². The number of nitrogens with two attached hydrogens (primary N) is 1. The fourth-order valence-electron chi connectivity index (χ4n) is 2.61. The van der Waals surface area contributed by atoms with Crippen molar-refractivity contribution in [1.82, 2.24) is 4.72 Å². The lowest BCUT2D eigenvalue weighted by Crippen LogP contribution is -2.44. The summed E-state index contributed by atoms with van der Waals surface area (Å²) in [7, 11) is -3.44. The van der Waals surface area contributed by atoms with Crippen molar-refractivity contribution < 1.29 is 8.42 Å². The van der Waals surface area contributed by atoms with E-state index in [1.54, 1.807) is 6.07 Å². The predicted molar refractivity (Wildman–Crippen MR) is 81.9 cm³/mol. The topological polar surface area (TPSA) is 72.2 Å². The van der Waals surface area contributed by atoms with Crippen LogP contribution in [0.1, 0.15) is 30.6 Å². The summed E-state index contributed by atoms with van der Waals surface area (Å²) in [6, 6.07) is 1.64. The molecule has 1 heterocycles. The fourth-order valence-corrected chi connectivity index (χ4v) is 6.36. The van der Waals surface area contributed by atoms with Crippen LogP contribution in [0, 0.1) is 12.8 Å². The average molecular weight is 367 g/mol. The standard InChI is InChI=1S/C12H19BrN2O2S2/c1-8-11(6-12(13)18-8)19(16,17)15-10-5-3-2-4-9(10)7-14/h6,9-10,15H,2-5,7,14H2,1H3. The Balaban J connectivity index is 2.19. The molecule has 0 spiro atoms. The molecule has 1 aliphatic carbocycles. The summed E-state index contributed by atoms with van der Waals surface area (Å²) in [4.78, 5) is 1.19. The maximum absolute atomic E-state index is 12.4. The Morgan fingerprint density at radius 2 is 2.16 bits per heavy atom. The highest BCUT2D eigenvalue weighted by Crippen LogP contribution is 2.31. The summed E-state index contributed by atoms with van der Waals surface area (Å²) in [5.41, 5.74) is 5.74. The molecule has 3 N–H and O–H groups in total. The molecule has 0 amide bonds. The van der Waals surface area contributed by atoms with E-state index in [4.69, 9.17) is 5.73 Å². The zero-order valence-corrected chi connectivity index (χ0v) is 14.1. The quantitative estimate of drug-likeness (QED) is 0.859. The zero-order chi connectivity index (χ0) is 14.0. The van der Waals surface area contributed by atoms with E-state index < -0.39 is 10.0 Å². The average Bonchev–Trinajstić information content (AvgIpc) is 2.69. The van der Waals surface area contributed by atoms with Crippen LogP contribution in [0.3, 0.4) is 0 Å². The number of thiophene rings is 1. The monoisotopic (exact) mass is 366 g/mol. The van der Waals surface area contributed by atoms with Crippen molar-refractivity contribution in [3.63, 3.8) is 0 Å². The van der Waals surface area contributed by atoms with Gasteiger partial charge in [-0.15, -0.1) is 11.3 Å². The van der Waals surface area contributed by atoms with Crippen molar-refractivity contribution in [1.29, 1.82) is 0 Å². The molecule has 1 aromatic rings. The minimum atomic E-state index is -3.44. The van der Waals surface area contributed by atoms with E-state index in [0.717, 1.165) is 34.3 Å². The van der Waals surface area contributed by atoms with Gasteiger partial charge in [0, 0.05) is 10.9 Å².